The molecule has 1 aromatic heterocycles. The molecule has 1 heterocycles. The third-order valence-electron chi connectivity index (χ3n) is 2.86. The van der Waals surface area contributed by atoms with Gasteiger partial charge in [0.25, 0.3) is 5.56 Å². The fourth-order valence-electron chi connectivity index (χ4n) is 1.84. The summed E-state index contributed by atoms with van der Waals surface area (Å²) in [6.45, 7) is 1.92. The molecule has 7 nitrogen and oxygen atoms in total. The zero-order valence-electron chi connectivity index (χ0n) is 11.4. The summed E-state index contributed by atoms with van der Waals surface area (Å²) in [5.74, 6) is -1.34. The number of amides is 1. The van der Waals surface area contributed by atoms with Crippen molar-refractivity contribution in [2.75, 3.05) is 5.32 Å². The molecule has 0 aliphatic heterocycles. The second-order valence-electron chi connectivity index (χ2n) is 4.50. The first-order valence-corrected chi connectivity index (χ1v) is 6.46. The summed E-state index contributed by atoms with van der Waals surface area (Å²) in [6.07, 6.45) is 2.44. The number of aromatic amines is 1. The summed E-state index contributed by atoms with van der Waals surface area (Å²) in [7, 11) is 0. The van der Waals surface area contributed by atoms with Crippen LogP contribution in [0.5, 0.6) is 0 Å². The highest BCUT2D eigenvalue weighted by molar-refractivity contribution is 5.90. The lowest BCUT2D eigenvalue weighted by Crippen LogP contribution is -2.11. The Morgan fingerprint density at radius 1 is 1.29 bits per heavy atom. The molecule has 0 aliphatic carbocycles. The largest absolute Gasteiger partial charge is 0.477 e. The highest BCUT2D eigenvalue weighted by atomic mass is 16.4. The second-order valence-corrected chi connectivity index (χ2v) is 4.50. The number of carbonyl (C=O) groups excluding carboxylic acids is 1. The topological polar surface area (TPSA) is 104 Å². The van der Waals surface area contributed by atoms with E-state index in [2.05, 4.69) is 10.4 Å². The molecular weight excluding hydrogens is 274 g/mol. The van der Waals surface area contributed by atoms with Crippen LogP contribution in [0.4, 0.5) is 5.69 Å². The number of H-pyrrole nitrogens is 1. The van der Waals surface area contributed by atoms with Crippen molar-refractivity contribution in [2.45, 2.75) is 19.8 Å². The van der Waals surface area contributed by atoms with Gasteiger partial charge in [0.1, 0.15) is 5.56 Å². The Kier molecular flexibility index (Phi) is 4.22. The maximum Gasteiger partial charge on any atom is 0.342 e. The average molecular weight is 289 g/mol. The number of nitrogens with zero attached hydrogens (tertiary/aromatic N) is 1. The van der Waals surface area contributed by atoms with Gasteiger partial charge in [0.15, 0.2) is 0 Å². The summed E-state index contributed by atoms with van der Waals surface area (Å²) < 4.78 is 1.32. The molecule has 0 unspecified atom stereocenters. The van der Waals surface area contributed by atoms with Crippen LogP contribution in [0, 0.1) is 0 Å². The summed E-state index contributed by atoms with van der Waals surface area (Å²) in [5.41, 5.74) is 0.247. The molecule has 2 aromatic rings. The number of anilines is 1. The van der Waals surface area contributed by atoms with Crippen LogP contribution in [-0.4, -0.2) is 26.8 Å². The van der Waals surface area contributed by atoms with Gasteiger partial charge >= 0.3 is 5.97 Å². The molecule has 0 aliphatic rings. The Bertz CT molecular complexity index is 713. The Hall–Kier alpha value is -2.83. The lowest BCUT2D eigenvalue weighted by molar-refractivity contribution is -0.116. The Labute approximate surface area is 120 Å². The Morgan fingerprint density at radius 3 is 2.48 bits per heavy atom. The van der Waals surface area contributed by atoms with Crippen LogP contribution < -0.4 is 10.9 Å². The number of nitrogens with one attached hydrogen (secondary N) is 2. The molecule has 0 saturated carbocycles. The van der Waals surface area contributed by atoms with Crippen LogP contribution in [0.15, 0.2) is 35.3 Å². The minimum absolute atomic E-state index is 0.0622. The predicted octanol–water partition coefficient (Wildman–Crippen LogP) is 1.60. The van der Waals surface area contributed by atoms with Gasteiger partial charge in [0, 0.05) is 18.3 Å². The molecule has 0 spiro atoms. The van der Waals surface area contributed by atoms with E-state index in [4.69, 9.17) is 5.11 Å². The number of benzene rings is 1. The van der Waals surface area contributed by atoms with E-state index in [-0.39, 0.29) is 11.5 Å². The molecule has 1 amide bonds. The number of hydrogen-bond acceptors (Lipinski definition) is 3. The molecule has 110 valence electrons. The third-order valence-corrected chi connectivity index (χ3v) is 2.86. The molecule has 0 radical (unpaired) electrons. The number of aromatic nitrogens is 2. The standard InChI is InChI=1S/C14H15N3O4/c1-2-3-12(18)15-9-4-6-10(7-5-9)17-8-11(14(20)21)13(19)16-17/h4-8H,2-3H2,1H3,(H,15,18)(H,16,19)(H,20,21). The van der Waals surface area contributed by atoms with E-state index in [0.717, 1.165) is 6.42 Å². The van der Waals surface area contributed by atoms with E-state index in [0.29, 0.717) is 17.8 Å². The van der Waals surface area contributed by atoms with Crippen molar-refractivity contribution in [2.24, 2.45) is 0 Å². The molecule has 3 N–H and O–H groups in total. The fraction of sp³-hybridized carbons (Fsp3) is 0.214. The average Bonchev–Trinajstić information content (AvgIpc) is 2.82. The van der Waals surface area contributed by atoms with Gasteiger partial charge in [-0.1, -0.05) is 6.92 Å². The van der Waals surface area contributed by atoms with Crippen molar-refractivity contribution >= 4 is 17.6 Å². The molecule has 21 heavy (non-hydrogen) atoms. The molecular formula is C14H15N3O4. The first-order valence-electron chi connectivity index (χ1n) is 6.46. The van der Waals surface area contributed by atoms with Crippen molar-refractivity contribution in [3.05, 3.63) is 46.4 Å². The minimum atomic E-state index is -1.28. The van der Waals surface area contributed by atoms with Crippen LogP contribution in [0.2, 0.25) is 0 Å². The highest BCUT2D eigenvalue weighted by Crippen LogP contribution is 2.13. The normalized spacial score (nSPS) is 10.3. The monoisotopic (exact) mass is 289 g/mol. The highest BCUT2D eigenvalue weighted by Gasteiger charge is 2.12. The van der Waals surface area contributed by atoms with Crippen molar-refractivity contribution in [1.29, 1.82) is 0 Å². The van der Waals surface area contributed by atoms with E-state index >= 15 is 0 Å². The maximum absolute atomic E-state index is 11.5. The fourth-order valence-corrected chi connectivity index (χ4v) is 1.84. The first kappa shape index (κ1) is 14.6. The summed E-state index contributed by atoms with van der Waals surface area (Å²) in [5, 5.41) is 14.0. The first-order chi connectivity index (χ1) is 10.0. The molecule has 0 fully saturated rings. The number of hydrogen-bond donors (Lipinski definition) is 3. The SMILES string of the molecule is CCCC(=O)Nc1ccc(-n2cc(C(=O)O)c(=O)[nH]2)cc1. The van der Waals surface area contributed by atoms with Gasteiger partial charge in [0.05, 0.1) is 5.69 Å². The van der Waals surface area contributed by atoms with E-state index in [9.17, 15) is 14.4 Å². The predicted molar refractivity (Wildman–Crippen MR) is 76.9 cm³/mol. The van der Waals surface area contributed by atoms with E-state index < -0.39 is 11.5 Å². The molecule has 0 saturated heterocycles. The van der Waals surface area contributed by atoms with Crippen molar-refractivity contribution in [1.82, 2.24) is 9.78 Å². The summed E-state index contributed by atoms with van der Waals surface area (Å²) >= 11 is 0. The van der Waals surface area contributed by atoms with Crippen molar-refractivity contribution < 1.29 is 14.7 Å². The van der Waals surface area contributed by atoms with Gasteiger partial charge in [-0.25, -0.2) is 4.79 Å². The Balaban J connectivity index is 2.19. The van der Waals surface area contributed by atoms with Crippen molar-refractivity contribution in [3.8, 4) is 5.69 Å². The van der Waals surface area contributed by atoms with Gasteiger partial charge in [0.2, 0.25) is 5.91 Å². The molecule has 7 heteroatoms. The molecule has 0 bridgehead atoms. The van der Waals surface area contributed by atoms with Gasteiger partial charge in [-0.3, -0.25) is 19.4 Å². The van der Waals surface area contributed by atoms with Crippen molar-refractivity contribution in [3.63, 3.8) is 0 Å². The zero-order chi connectivity index (χ0) is 15.4. The number of rotatable bonds is 5. The lowest BCUT2D eigenvalue weighted by atomic mass is 10.2. The van der Waals surface area contributed by atoms with Crippen LogP contribution in [0.25, 0.3) is 5.69 Å². The third kappa shape index (κ3) is 3.38. The van der Waals surface area contributed by atoms with E-state index in [1.165, 1.54) is 10.9 Å². The summed E-state index contributed by atoms with van der Waals surface area (Å²) in [6, 6.07) is 6.70. The number of carboxylic acids is 1. The zero-order valence-corrected chi connectivity index (χ0v) is 11.4. The van der Waals surface area contributed by atoms with Gasteiger partial charge in [-0.2, -0.15) is 0 Å². The van der Waals surface area contributed by atoms with Gasteiger partial charge < -0.3 is 10.4 Å². The molecule has 2 rings (SSSR count). The number of aromatic carboxylic acids is 1. The maximum atomic E-state index is 11.5. The smallest absolute Gasteiger partial charge is 0.342 e. The van der Waals surface area contributed by atoms with Crippen LogP contribution in [0.3, 0.4) is 0 Å². The second kappa shape index (κ2) is 6.08. The molecule has 1 aromatic carbocycles. The van der Waals surface area contributed by atoms with Crippen LogP contribution >= 0.6 is 0 Å². The number of carboxylic acid groups (broad SMARTS) is 1. The van der Waals surface area contributed by atoms with Gasteiger partial charge in [-0.15, -0.1) is 0 Å². The van der Waals surface area contributed by atoms with Crippen LogP contribution in [0.1, 0.15) is 30.1 Å². The van der Waals surface area contributed by atoms with Crippen LogP contribution in [-0.2, 0) is 4.79 Å². The number of carbonyl (C=O) groups is 2. The van der Waals surface area contributed by atoms with E-state index in [1.54, 1.807) is 24.3 Å². The Morgan fingerprint density at radius 2 is 1.95 bits per heavy atom. The summed E-state index contributed by atoms with van der Waals surface area (Å²) in [4.78, 5) is 33.7. The van der Waals surface area contributed by atoms with E-state index in [1.807, 2.05) is 6.92 Å². The lowest BCUT2D eigenvalue weighted by Gasteiger charge is -2.06. The molecule has 0 atom stereocenters. The minimum Gasteiger partial charge on any atom is -0.477 e. The van der Waals surface area contributed by atoms with Gasteiger partial charge in [-0.05, 0) is 30.7 Å². The quantitative estimate of drug-likeness (QED) is 0.777.